The van der Waals surface area contributed by atoms with Gasteiger partial charge < -0.3 is 9.47 Å². The van der Waals surface area contributed by atoms with Gasteiger partial charge in [-0.05, 0) is 51.5 Å². The Kier molecular flexibility index (Phi) is 5.50. The van der Waals surface area contributed by atoms with E-state index in [2.05, 4.69) is 6.08 Å². The first-order valence-electron chi connectivity index (χ1n) is 10.4. The fraction of sp³-hybridized carbons (Fsp3) is 0.818. The van der Waals surface area contributed by atoms with Crippen LogP contribution < -0.4 is 0 Å². The van der Waals surface area contributed by atoms with Crippen molar-refractivity contribution >= 4 is 11.9 Å². The van der Waals surface area contributed by atoms with Crippen molar-refractivity contribution in [2.75, 3.05) is 0 Å². The monoisotopic (exact) mass is 362 g/mol. The summed E-state index contributed by atoms with van der Waals surface area (Å²) in [5, 5.41) is 0. The van der Waals surface area contributed by atoms with Gasteiger partial charge in [0.25, 0.3) is 0 Å². The standard InChI is InChI=1S/C22H34O4/c1-20(2)21(3)15-16-22(20,26-18(21)23)19(24)25-17-13-11-9-7-5-4-6-8-10-12-14-17/h11,13,17H,4-10,12,14-16H2,1-3H3/b13-11+/t17-,21+,22-/m1/s1. The highest BCUT2D eigenvalue weighted by Gasteiger charge is 2.76. The van der Waals surface area contributed by atoms with Gasteiger partial charge in [0.1, 0.15) is 6.10 Å². The molecule has 2 bridgehead atoms. The number of fused-ring (bicyclic) bond motifs is 2. The molecule has 3 aliphatic rings. The Morgan fingerprint density at radius 1 is 1.04 bits per heavy atom. The van der Waals surface area contributed by atoms with E-state index >= 15 is 0 Å². The molecule has 2 fully saturated rings. The fourth-order valence-corrected chi connectivity index (χ4v) is 4.87. The molecule has 0 aromatic rings. The van der Waals surface area contributed by atoms with Crippen LogP contribution in [-0.2, 0) is 19.1 Å². The average molecular weight is 363 g/mol. The van der Waals surface area contributed by atoms with Gasteiger partial charge in [0.15, 0.2) is 0 Å². The summed E-state index contributed by atoms with van der Waals surface area (Å²) < 4.78 is 11.6. The first kappa shape index (κ1) is 19.4. The highest BCUT2D eigenvalue weighted by molar-refractivity contribution is 5.93. The second kappa shape index (κ2) is 7.36. The number of carbonyl (C=O) groups excluding carboxylic acids is 2. The minimum absolute atomic E-state index is 0.210. The van der Waals surface area contributed by atoms with Gasteiger partial charge in [0.05, 0.1) is 5.41 Å². The molecule has 0 N–H and O–H groups in total. The van der Waals surface area contributed by atoms with E-state index in [4.69, 9.17) is 9.47 Å². The molecule has 2 aliphatic carbocycles. The SMILES string of the molecule is CC1(C)[C@@]2(C)CC[C@]1(C(=O)O[C@@H]1/C=C/CCCCCCCCC1)OC2=O. The van der Waals surface area contributed by atoms with Crippen LogP contribution in [0.4, 0.5) is 0 Å². The summed E-state index contributed by atoms with van der Waals surface area (Å²) in [5.41, 5.74) is -2.24. The van der Waals surface area contributed by atoms with Crippen LogP contribution in [0.5, 0.6) is 0 Å². The first-order valence-corrected chi connectivity index (χ1v) is 10.4. The number of allylic oxidation sites excluding steroid dienone is 1. The summed E-state index contributed by atoms with van der Waals surface area (Å²) in [7, 11) is 0. The third-order valence-corrected chi connectivity index (χ3v) is 7.38. The van der Waals surface area contributed by atoms with Crippen LogP contribution in [-0.4, -0.2) is 23.6 Å². The number of hydrogen-bond acceptors (Lipinski definition) is 4. The maximum Gasteiger partial charge on any atom is 0.351 e. The number of carbonyl (C=O) groups is 2. The van der Waals surface area contributed by atoms with Crippen LogP contribution in [0, 0.1) is 10.8 Å². The lowest BCUT2D eigenvalue weighted by molar-refractivity contribution is -0.185. The molecule has 146 valence electrons. The Labute approximate surface area is 157 Å². The molecule has 0 radical (unpaired) electrons. The quantitative estimate of drug-likeness (QED) is 0.506. The summed E-state index contributed by atoms with van der Waals surface area (Å²) in [6.45, 7) is 5.87. The Balaban J connectivity index is 1.71. The summed E-state index contributed by atoms with van der Waals surface area (Å²) in [6.07, 6.45) is 15.8. The maximum absolute atomic E-state index is 13.1. The van der Waals surface area contributed by atoms with E-state index in [1.54, 1.807) is 0 Å². The van der Waals surface area contributed by atoms with E-state index in [1.807, 2.05) is 26.8 Å². The molecule has 1 aliphatic heterocycles. The van der Waals surface area contributed by atoms with E-state index in [-0.39, 0.29) is 18.0 Å². The van der Waals surface area contributed by atoms with Gasteiger partial charge in [0, 0.05) is 5.41 Å². The smallest absolute Gasteiger partial charge is 0.351 e. The third kappa shape index (κ3) is 3.10. The van der Waals surface area contributed by atoms with Crippen molar-refractivity contribution < 1.29 is 19.1 Å². The Morgan fingerprint density at radius 3 is 2.31 bits per heavy atom. The molecule has 26 heavy (non-hydrogen) atoms. The van der Waals surface area contributed by atoms with Crippen molar-refractivity contribution in [1.82, 2.24) is 0 Å². The van der Waals surface area contributed by atoms with Crippen LogP contribution >= 0.6 is 0 Å². The molecule has 3 atom stereocenters. The molecule has 3 rings (SSSR count). The average Bonchev–Trinajstić information content (AvgIpc) is 2.87. The topological polar surface area (TPSA) is 52.6 Å². The normalized spacial score (nSPS) is 38.7. The zero-order chi connectivity index (χ0) is 18.8. The molecule has 0 amide bonds. The molecule has 0 unspecified atom stereocenters. The van der Waals surface area contributed by atoms with Gasteiger partial charge in [-0.3, -0.25) is 4.79 Å². The zero-order valence-corrected chi connectivity index (χ0v) is 16.6. The number of hydrogen-bond donors (Lipinski definition) is 0. The lowest BCUT2D eigenvalue weighted by Crippen LogP contribution is -2.49. The molecule has 1 heterocycles. The van der Waals surface area contributed by atoms with Gasteiger partial charge in [-0.1, -0.05) is 52.0 Å². The van der Waals surface area contributed by atoms with Gasteiger partial charge in [-0.25, -0.2) is 4.79 Å². The van der Waals surface area contributed by atoms with Crippen molar-refractivity contribution in [3.8, 4) is 0 Å². The van der Waals surface area contributed by atoms with E-state index in [0.29, 0.717) is 12.8 Å². The van der Waals surface area contributed by atoms with E-state index in [0.717, 1.165) is 19.3 Å². The lowest BCUT2D eigenvalue weighted by Gasteiger charge is -2.35. The predicted octanol–water partition coefficient (Wildman–Crippen LogP) is 5.10. The zero-order valence-electron chi connectivity index (χ0n) is 16.6. The highest BCUT2D eigenvalue weighted by Crippen LogP contribution is 2.65. The van der Waals surface area contributed by atoms with Crippen molar-refractivity contribution in [1.29, 1.82) is 0 Å². The minimum Gasteiger partial charge on any atom is -0.455 e. The summed E-state index contributed by atoms with van der Waals surface area (Å²) in [6, 6.07) is 0. The van der Waals surface area contributed by atoms with Crippen molar-refractivity contribution in [3.05, 3.63) is 12.2 Å². The van der Waals surface area contributed by atoms with Crippen LogP contribution in [0.3, 0.4) is 0 Å². The highest BCUT2D eigenvalue weighted by atomic mass is 16.6. The second-order valence-electron chi connectivity index (χ2n) is 9.10. The van der Waals surface area contributed by atoms with Gasteiger partial charge in [-0.15, -0.1) is 0 Å². The van der Waals surface area contributed by atoms with E-state index < -0.39 is 16.4 Å². The molecule has 4 nitrogen and oxygen atoms in total. The maximum atomic E-state index is 13.1. The molecule has 4 heteroatoms. The molecule has 0 aromatic heterocycles. The molecule has 1 saturated carbocycles. The van der Waals surface area contributed by atoms with Gasteiger partial charge in [0.2, 0.25) is 5.60 Å². The lowest BCUT2D eigenvalue weighted by atomic mass is 9.66. The van der Waals surface area contributed by atoms with Crippen molar-refractivity contribution in [2.24, 2.45) is 10.8 Å². The minimum atomic E-state index is -1.11. The third-order valence-electron chi connectivity index (χ3n) is 7.38. The van der Waals surface area contributed by atoms with Crippen molar-refractivity contribution in [2.45, 2.75) is 103 Å². The Bertz CT molecular complexity index is 579. The molecular formula is C22H34O4. The Morgan fingerprint density at radius 2 is 1.69 bits per heavy atom. The molecule has 0 aromatic carbocycles. The van der Waals surface area contributed by atoms with Crippen molar-refractivity contribution in [3.63, 3.8) is 0 Å². The van der Waals surface area contributed by atoms with Crippen LogP contribution in [0.15, 0.2) is 12.2 Å². The predicted molar refractivity (Wildman–Crippen MR) is 101 cm³/mol. The van der Waals surface area contributed by atoms with Gasteiger partial charge >= 0.3 is 11.9 Å². The second-order valence-corrected chi connectivity index (χ2v) is 9.10. The van der Waals surface area contributed by atoms with E-state index in [9.17, 15) is 9.59 Å². The number of esters is 2. The molecule has 0 spiro atoms. The summed E-state index contributed by atoms with van der Waals surface area (Å²) in [4.78, 5) is 25.5. The van der Waals surface area contributed by atoms with Crippen LogP contribution in [0.2, 0.25) is 0 Å². The molecular weight excluding hydrogens is 328 g/mol. The summed E-state index contributed by atoms with van der Waals surface area (Å²) in [5.74, 6) is -0.598. The number of ether oxygens (including phenoxy) is 2. The first-order chi connectivity index (χ1) is 12.3. The van der Waals surface area contributed by atoms with Crippen LogP contribution in [0.1, 0.15) is 91.4 Å². The number of rotatable bonds is 2. The largest absolute Gasteiger partial charge is 0.455 e. The van der Waals surface area contributed by atoms with E-state index in [1.165, 1.54) is 38.5 Å². The van der Waals surface area contributed by atoms with Gasteiger partial charge in [-0.2, -0.15) is 0 Å². The van der Waals surface area contributed by atoms with Crippen LogP contribution in [0.25, 0.3) is 0 Å². The molecule has 1 saturated heterocycles. The summed E-state index contributed by atoms with van der Waals surface area (Å²) >= 11 is 0. The Hall–Kier alpha value is -1.32. The fourth-order valence-electron chi connectivity index (χ4n) is 4.87.